The molecule has 0 aliphatic heterocycles. The van der Waals surface area contributed by atoms with Gasteiger partial charge in [-0.15, -0.1) is 0 Å². The van der Waals surface area contributed by atoms with Crippen LogP contribution in [0.3, 0.4) is 0 Å². The first-order valence-electron chi connectivity index (χ1n) is 6.85. The van der Waals surface area contributed by atoms with Crippen molar-refractivity contribution in [3.8, 4) is 11.8 Å². The first-order chi connectivity index (χ1) is 10.1. The number of nitrogens with zero attached hydrogens (tertiary/aromatic N) is 1. The maximum atomic E-state index is 9.77. The van der Waals surface area contributed by atoms with Crippen LogP contribution in [-0.2, 0) is 4.74 Å². The molecule has 1 rings (SSSR count). The third-order valence-electron chi connectivity index (χ3n) is 2.56. The summed E-state index contributed by atoms with van der Waals surface area (Å²) in [6.45, 7) is 8.05. The van der Waals surface area contributed by atoms with E-state index in [9.17, 15) is 5.11 Å². The molecule has 0 saturated heterocycles. The Balaban J connectivity index is 2.12. The molecule has 1 atom stereocenters. The van der Waals surface area contributed by atoms with Crippen LogP contribution >= 0.6 is 0 Å². The van der Waals surface area contributed by atoms with Crippen LogP contribution in [0, 0.1) is 11.3 Å². The number of nitrogens with one attached hydrogen (secondary N) is 1. The van der Waals surface area contributed by atoms with E-state index in [1.165, 1.54) is 0 Å². The minimum absolute atomic E-state index is 0.175. The van der Waals surface area contributed by atoms with Crippen LogP contribution < -0.4 is 10.1 Å². The van der Waals surface area contributed by atoms with Crippen molar-refractivity contribution in [1.82, 2.24) is 5.32 Å². The summed E-state index contributed by atoms with van der Waals surface area (Å²) < 4.78 is 10.8. The van der Waals surface area contributed by atoms with Gasteiger partial charge in [-0.3, -0.25) is 0 Å². The number of hydrogen-bond acceptors (Lipinski definition) is 5. The number of hydrogen-bond donors (Lipinski definition) is 2. The minimum atomic E-state index is -0.614. The molecule has 114 valence electrons. The van der Waals surface area contributed by atoms with Gasteiger partial charge in [0, 0.05) is 13.1 Å². The van der Waals surface area contributed by atoms with Crippen molar-refractivity contribution >= 4 is 0 Å². The lowest BCUT2D eigenvalue weighted by molar-refractivity contribution is 0.101. The lowest BCUT2D eigenvalue weighted by Gasteiger charge is -2.13. The Hall–Kier alpha value is -1.87. The van der Waals surface area contributed by atoms with Gasteiger partial charge in [-0.2, -0.15) is 5.26 Å². The first kappa shape index (κ1) is 17.2. The maximum absolute atomic E-state index is 9.77. The van der Waals surface area contributed by atoms with Gasteiger partial charge in [-0.25, -0.2) is 0 Å². The highest BCUT2D eigenvalue weighted by Gasteiger charge is 2.05. The zero-order valence-corrected chi connectivity index (χ0v) is 12.3. The summed E-state index contributed by atoms with van der Waals surface area (Å²) in [6.07, 6.45) is -0.614. The largest absolute Gasteiger partial charge is 0.491 e. The second-order valence-corrected chi connectivity index (χ2v) is 4.82. The second kappa shape index (κ2) is 9.94. The van der Waals surface area contributed by atoms with Gasteiger partial charge in [0.15, 0.2) is 0 Å². The molecule has 1 aromatic rings. The second-order valence-electron chi connectivity index (χ2n) is 4.82. The van der Waals surface area contributed by atoms with Gasteiger partial charge in [-0.1, -0.05) is 18.2 Å². The highest BCUT2D eigenvalue weighted by Crippen LogP contribution is 2.12. The summed E-state index contributed by atoms with van der Waals surface area (Å²) >= 11 is 0. The molecule has 0 amide bonds. The van der Waals surface area contributed by atoms with E-state index >= 15 is 0 Å². The summed E-state index contributed by atoms with van der Waals surface area (Å²) in [5, 5.41) is 21.6. The molecule has 0 radical (unpaired) electrons. The van der Waals surface area contributed by atoms with Crippen molar-refractivity contribution < 1.29 is 14.6 Å². The minimum Gasteiger partial charge on any atom is -0.491 e. The van der Waals surface area contributed by atoms with Gasteiger partial charge in [-0.05, 0) is 25.1 Å². The fourth-order valence-corrected chi connectivity index (χ4v) is 1.57. The topological polar surface area (TPSA) is 74.5 Å². The molecule has 1 aromatic carbocycles. The Morgan fingerprint density at radius 1 is 1.52 bits per heavy atom. The number of ether oxygens (including phenoxy) is 2. The molecular weight excluding hydrogens is 268 g/mol. The monoisotopic (exact) mass is 290 g/mol. The van der Waals surface area contributed by atoms with Crippen molar-refractivity contribution in [2.75, 3.05) is 32.9 Å². The Labute approximate surface area is 125 Å². The molecule has 0 aromatic heterocycles. The molecule has 0 saturated carbocycles. The van der Waals surface area contributed by atoms with E-state index in [0.717, 1.165) is 5.57 Å². The summed E-state index contributed by atoms with van der Waals surface area (Å²) in [7, 11) is 0. The molecule has 0 bridgehead atoms. The van der Waals surface area contributed by atoms with Crippen molar-refractivity contribution in [1.29, 1.82) is 5.26 Å². The smallest absolute Gasteiger partial charge is 0.120 e. The lowest BCUT2D eigenvalue weighted by atomic mass is 10.2. The van der Waals surface area contributed by atoms with Crippen molar-refractivity contribution in [2.24, 2.45) is 0 Å². The van der Waals surface area contributed by atoms with Crippen molar-refractivity contribution in [3.05, 3.63) is 42.0 Å². The molecule has 21 heavy (non-hydrogen) atoms. The quantitative estimate of drug-likeness (QED) is 0.504. The van der Waals surface area contributed by atoms with E-state index < -0.39 is 6.10 Å². The van der Waals surface area contributed by atoms with E-state index in [1.807, 2.05) is 13.0 Å². The maximum Gasteiger partial charge on any atom is 0.120 e. The standard InChI is InChI=1S/C16H22N2O3/c1-13(2)11-20-7-6-18-10-15(19)12-21-16-5-3-4-14(8-16)9-17/h3-5,8,15,18-19H,1,6-7,10-12H2,2H3. The molecule has 0 aliphatic carbocycles. The lowest BCUT2D eigenvalue weighted by Crippen LogP contribution is -2.33. The van der Waals surface area contributed by atoms with Crippen LogP contribution in [0.25, 0.3) is 0 Å². The van der Waals surface area contributed by atoms with Crippen LogP contribution in [-0.4, -0.2) is 44.1 Å². The zero-order chi connectivity index (χ0) is 15.5. The molecular formula is C16H22N2O3. The number of aliphatic hydroxyl groups is 1. The summed E-state index contributed by atoms with van der Waals surface area (Å²) in [4.78, 5) is 0. The van der Waals surface area contributed by atoms with Gasteiger partial charge >= 0.3 is 0 Å². The number of rotatable bonds is 10. The third-order valence-corrected chi connectivity index (χ3v) is 2.56. The van der Waals surface area contributed by atoms with E-state index in [0.29, 0.717) is 37.6 Å². The van der Waals surface area contributed by atoms with Gasteiger partial charge in [0.1, 0.15) is 18.5 Å². The van der Waals surface area contributed by atoms with E-state index in [-0.39, 0.29) is 6.61 Å². The highest BCUT2D eigenvalue weighted by molar-refractivity contribution is 5.36. The molecule has 2 N–H and O–H groups in total. The average molecular weight is 290 g/mol. The predicted molar refractivity (Wildman–Crippen MR) is 81.2 cm³/mol. The van der Waals surface area contributed by atoms with Gasteiger partial charge in [0.05, 0.1) is 24.8 Å². The van der Waals surface area contributed by atoms with Gasteiger partial charge in [0.2, 0.25) is 0 Å². The molecule has 0 fully saturated rings. The van der Waals surface area contributed by atoms with Gasteiger partial charge in [0.25, 0.3) is 0 Å². The fourth-order valence-electron chi connectivity index (χ4n) is 1.57. The molecule has 0 aliphatic rings. The predicted octanol–water partition coefficient (Wildman–Crippen LogP) is 1.48. The first-order valence-corrected chi connectivity index (χ1v) is 6.85. The van der Waals surface area contributed by atoms with E-state index in [2.05, 4.69) is 11.9 Å². The van der Waals surface area contributed by atoms with Crippen LogP contribution in [0.15, 0.2) is 36.4 Å². The summed E-state index contributed by atoms with van der Waals surface area (Å²) in [5.74, 6) is 0.581. The van der Waals surface area contributed by atoms with Gasteiger partial charge < -0.3 is 19.9 Å². The number of nitriles is 1. The summed E-state index contributed by atoms with van der Waals surface area (Å²) in [6, 6.07) is 8.89. The zero-order valence-electron chi connectivity index (χ0n) is 12.3. The summed E-state index contributed by atoms with van der Waals surface area (Å²) in [5.41, 5.74) is 1.53. The Kier molecular flexibility index (Phi) is 8.14. The molecule has 5 nitrogen and oxygen atoms in total. The normalized spacial score (nSPS) is 11.7. The Bertz CT molecular complexity index is 483. The van der Waals surface area contributed by atoms with Crippen LogP contribution in [0.1, 0.15) is 12.5 Å². The Morgan fingerprint density at radius 2 is 2.33 bits per heavy atom. The van der Waals surface area contributed by atoms with Crippen molar-refractivity contribution in [2.45, 2.75) is 13.0 Å². The third kappa shape index (κ3) is 8.10. The Morgan fingerprint density at radius 3 is 3.05 bits per heavy atom. The highest BCUT2D eigenvalue weighted by atomic mass is 16.5. The molecule has 5 heteroatoms. The SMILES string of the molecule is C=C(C)COCCNCC(O)COc1cccc(C#N)c1. The van der Waals surface area contributed by atoms with E-state index in [1.54, 1.807) is 24.3 Å². The average Bonchev–Trinajstić information content (AvgIpc) is 2.48. The molecule has 0 spiro atoms. The number of aliphatic hydroxyl groups excluding tert-OH is 1. The van der Waals surface area contributed by atoms with Crippen molar-refractivity contribution in [3.63, 3.8) is 0 Å². The van der Waals surface area contributed by atoms with E-state index in [4.69, 9.17) is 14.7 Å². The van der Waals surface area contributed by atoms with Crippen LogP contribution in [0.4, 0.5) is 0 Å². The fraction of sp³-hybridized carbons (Fsp3) is 0.438. The molecule has 1 unspecified atom stereocenters. The van der Waals surface area contributed by atoms with Crippen LogP contribution in [0.2, 0.25) is 0 Å². The number of benzene rings is 1. The molecule has 0 heterocycles. The van der Waals surface area contributed by atoms with Crippen LogP contribution in [0.5, 0.6) is 5.75 Å².